The van der Waals surface area contributed by atoms with E-state index in [-0.39, 0.29) is 5.60 Å². The largest absolute Gasteiger partial charge is 0.379 e. The van der Waals surface area contributed by atoms with E-state index in [0.29, 0.717) is 5.92 Å². The normalized spacial score (nSPS) is 13.4. The molecule has 0 heterocycles. The summed E-state index contributed by atoms with van der Waals surface area (Å²) in [5, 5.41) is 3.56. The molecular formula is C18H31NO. The molecule has 0 radical (unpaired) electrons. The number of rotatable bonds is 9. The van der Waals surface area contributed by atoms with Crippen molar-refractivity contribution in [1.29, 1.82) is 0 Å². The van der Waals surface area contributed by atoms with Crippen molar-refractivity contribution in [2.24, 2.45) is 0 Å². The van der Waals surface area contributed by atoms with Gasteiger partial charge in [-0.05, 0) is 58.1 Å². The molecule has 2 heteroatoms. The second-order valence-corrected chi connectivity index (χ2v) is 6.31. The van der Waals surface area contributed by atoms with Gasteiger partial charge in [-0.3, -0.25) is 0 Å². The second kappa shape index (κ2) is 8.43. The SMILES string of the molecule is CCCNCC(CCC(C)(C)OC)c1ccc(C)cc1. The maximum atomic E-state index is 5.55. The Morgan fingerprint density at radius 1 is 1.20 bits per heavy atom. The fourth-order valence-corrected chi connectivity index (χ4v) is 2.30. The maximum absolute atomic E-state index is 5.55. The maximum Gasteiger partial charge on any atom is 0.0623 e. The minimum atomic E-state index is -0.0340. The van der Waals surface area contributed by atoms with Gasteiger partial charge in [0.15, 0.2) is 0 Å². The Hall–Kier alpha value is -0.860. The van der Waals surface area contributed by atoms with Crippen LogP contribution in [0.1, 0.15) is 57.1 Å². The average Bonchev–Trinajstić information content (AvgIpc) is 2.44. The van der Waals surface area contributed by atoms with Crippen LogP contribution in [0.25, 0.3) is 0 Å². The van der Waals surface area contributed by atoms with E-state index in [4.69, 9.17) is 4.74 Å². The first-order valence-electron chi connectivity index (χ1n) is 7.81. The Balaban J connectivity index is 2.66. The summed E-state index contributed by atoms with van der Waals surface area (Å²) in [6.07, 6.45) is 3.42. The average molecular weight is 277 g/mol. The van der Waals surface area contributed by atoms with Gasteiger partial charge in [0.05, 0.1) is 5.60 Å². The third-order valence-corrected chi connectivity index (χ3v) is 4.01. The number of benzene rings is 1. The summed E-state index contributed by atoms with van der Waals surface area (Å²) in [6.45, 7) is 10.8. The van der Waals surface area contributed by atoms with Crippen LogP contribution in [-0.4, -0.2) is 25.8 Å². The lowest BCUT2D eigenvalue weighted by Gasteiger charge is -2.26. The highest BCUT2D eigenvalue weighted by molar-refractivity contribution is 5.24. The van der Waals surface area contributed by atoms with Crippen LogP contribution in [0, 0.1) is 6.92 Å². The first-order chi connectivity index (χ1) is 9.48. The van der Waals surface area contributed by atoms with E-state index in [1.807, 2.05) is 0 Å². The highest BCUT2D eigenvalue weighted by Crippen LogP contribution is 2.26. The van der Waals surface area contributed by atoms with E-state index in [0.717, 1.165) is 25.9 Å². The molecule has 1 unspecified atom stereocenters. The topological polar surface area (TPSA) is 21.3 Å². The predicted octanol–water partition coefficient (Wildman–Crippen LogP) is 4.28. The van der Waals surface area contributed by atoms with Crippen LogP contribution in [0.15, 0.2) is 24.3 Å². The smallest absolute Gasteiger partial charge is 0.0623 e. The molecule has 0 fully saturated rings. The zero-order valence-corrected chi connectivity index (χ0v) is 13.8. The predicted molar refractivity (Wildman–Crippen MR) is 87.4 cm³/mol. The van der Waals surface area contributed by atoms with E-state index >= 15 is 0 Å². The van der Waals surface area contributed by atoms with E-state index in [1.165, 1.54) is 17.5 Å². The van der Waals surface area contributed by atoms with Gasteiger partial charge in [-0.25, -0.2) is 0 Å². The standard InChI is InChI=1S/C18H31NO/c1-6-13-19-14-17(11-12-18(3,4)20-5)16-9-7-15(2)8-10-16/h7-10,17,19H,6,11-14H2,1-5H3. The molecule has 1 aromatic rings. The van der Waals surface area contributed by atoms with Crippen molar-refractivity contribution in [2.75, 3.05) is 20.2 Å². The molecule has 0 amide bonds. The molecule has 0 spiro atoms. The highest BCUT2D eigenvalue weighted by atomic mass is 16.5. The van der Waals surface area contributed by atoms with Crippen LogP contribution in [0.5, 0.6) is 0 Å². The van der Waals surface area contributed by atoms with Crippen LogP contribution in [0.2, 0.25) is 0 Å². The van der Waals surface area contributed by atoms with Gasteiger partial charge in [-0.2, -0.15) is 0 Å². The summed E-state index contributed by atoms with van der Waals surface area (Å²) in [5.74, 6) is 0.566. The van der Waals surface area contributed by atoms with E-state index < -0.39 is 0 Å². The zero-order valence-electron chi connectivity index (χ0n) is 13.8. The van der Waals surface area contributed by atoms with Gasteiger partial charge in [0, 0.05) is 13.7 Å². The zero-order chi connectivity index (χ0) is 15.0. The molecule has 0 bridgehead atoms. The summed E-state index contributed by atoms with van der Waals surface area (Å²) in [6, 6.07) is 8.97. The van der Waals surface area contributed by atoms with Crippen LogP contribution in [-0.2, 0) is 4.74 Å². The first-order valence-corrected chi connectivity index (χ1v) is 7.81. The lowest BCUT2D eigenvalue weighted by Crippen LogP contribution is -2.27. The molecule has 0 aromatic heterocycles. The van der Waals surface area contributed by atoms with Crippen molar-refractivity contribution in [3.05, 3.63) is 35.4 Å². The number of ether oxygens (including phenoxy) is 1. The Morgan fingerprint density at radius 2 is 1.85 bits per heavy atom. The second-order valence-electron chi connectivity index (χ2n) is 6.31. The molecule has 0 aliphatic carbocycles. The monoisotopic (exact) mass is 277 g/mol. The fraction of sp³-hybridized carbons (Fsp3) is 0.667. The summed E-state index contributed by atoms with van der Waals surface area (Å²) >= 11 is 0. The number of hydrogen-bond acceptors (Lipinski definition) is 2. The third-order valence-electron chi connectivity index (χ3n) is 4.01. The number of hydrogen-bond donors (Lipinski definition) is 1. The lowest BCUT2D eigenvalue weighted by molar-refractivity contribution is 0.0124. The molecule has 0 aliphatic rings. The first kappa shape index (κ1) is 17.2. The summed E-state index contributed by atoms with van der Waals surface area (Å²) in [7, 11) is 1.80. The molecule has 1 rings (SSSR count). The molecule has 0 aliphatic heterocycles. The Kier molecular flexibility index (Phi) is 7.25. The molecule has 20 heavy (non-hydrogen) atoms. The highest BCUT2D eigenvalue weighted by Gasteiger charge is 2.20. The van der Waals surface area contributed by atoms with Gasteiger partial charge in [-0.15, -0.1) is 0 Å². The Morgan fingerprint density at radius 3 is 2.40 bits per heavy atom. The summed E-state index contributed by atoms with van der Waals surface area (Å²) in [4.78, 5) is 0. The minimum absolute atomic E-state index is 0.0340. The molecule has 1 aromatic carbocycles. The van der Waals surface area contributed by atoms with Crippen molar-refractivity contribution < 1.29 is 4.74 Å². The quantitative estimate of drug-likeness (QED) is 0.680. The molecular weight excluding hydrogens is 246 g/mol. The van der Waals surface area contributed by atoms with Gasteiger partial charge in [0.25, 0.3) is 0 Å². The minimum Gasteiger partial charge on any atom is -0.379 e. The van der Waals surface area contributed by atoms with Crippen LogP contribution in [0.4, 0.5) is 0 Å². The van der Waals surface area contributed by atoms with Gasteiger partial charge < -0.3 is 10.1 Å². The summed E-state index contributed by atoms with van der Waals surface area (Å²) < 4.78 is 5.55. The fourth-order valence-electron chi connectivity index (χ4n) is 2.30. The van der Waals surface area contributed by atoms with Crippen molar-refractivity contribution in [3.63, 3.8) is 0 Å². The van der Waals surface area contributed by atoms with Crippen molar-refractivity contribution in [2.45, 2.75) is 58.5 Å². The third kappa shape index (κ3) is 6.06. The summed E-state index contributed by atoms with van der Waals surface area (Å²) in [5.41, 5.74) is 2.73. The van der Waals surface area contributed by atoms with E-state index in [9.17, 15) is 0 Å². The molecule has 0 saturated carbocycles. The van der Waals surface area contributed by atoms with Crippen LogP contribution >= 0.6 is 0 Å². The van der Waals surface area contributed by atoms with Gasteiger partial charge in [0.2, 0.25) is 0 Å². The van der Waals surface area contributed by atoms with Gasteiger partial charge >= 0.3 is 0 Å². The number of methoxy groups -OCH3 is 1. The molecule has 0 saturated heterocycles. The van der Waals surface area contributed by atoms with Crippen molar-refractivity contribution in [1.82, 2.24) is 5.32 Å². The lowest BCUT2D eigenvalue weighted by atomic mass is 9.89. The van der Waals surface area contributed by atoms with Crippen molar-refractivity contribution in [3.8, 4) is 0 Å². The van der Waals surface area contributed by atoms with Crippen LogP contribution < -0.4 is 5.32 Å². The molecule has 1 atom stereocenters. The number of nitrogens with one attached hydrogen (secondary N) is 1. The van der Waals surface area contributed by atoms with Crippen molar-refractivity contribution >= 4 is 0 Å². The van der Waals surface area contributed by atoms with Gasteiger partial charge in [-0.1, -0.05) is 36.8 Å². The Labute approximate surface area is 124 Å². The molecule has 2 nitrogen and oxygen atoms in total. The molecule has 114 valence electrons. The molecule has 1 N–H and O–H groups in total. The van der Waals surface area contributed by atoms with E-state index in [2.05, 4.69) is 57.3 Å². The Bertz CT molecular complexity index is 370. The number of aryl methyl sites for hydroxylation is 1. The van der Waals surface area contributed by atoms with Crippen LogP contribution in [0.3, 0.4) is 0 Å². The van der Waals surface area contributed by atoms with E-state index in [1.54, 1.807) is 7.11 Å². The van der Waals surface area contributed by atoms with Gasteiger partial charge in [0.1, 0.15) is 0 Å².